The van der Waals surface area contributed by atoms with Gasteiger partial charge in [0, 0.05) is 18.3 Å². The lowest BCUT2D eigenvalue weighted by Crippen LogP contribution is -2.21. The molecule has 2 aromatic carbocycles. The van der Waals surface area contributed by atoms with E-state index in [-0.39, 0.29) is 5.82 Å². The average molecular weight is 240 g/mol. The number of benzodiazepines with no additional fused rings is 1. The summed E-state index contributed by atoms with van der Waals surface area (Å²) in [6.45, 7) is 1.36. The fourth-order valence-electron chi connectivity index (χ4n) is 2.20. The van der Waals surface area contributed by atoms with Gasteiger partial charge in [-0.05, 0) is 18.2 Å². The van der Waals surface area contributed by atoms with Crippen molar-refractivity contribution in [3.8, 4) is 0 Å². The second-order valence-corrected chi connectivity index (χ2v) is 4.20. The molecule has 0 aliphatic carbocycles. The average Bonchev–Trinajstić information content (AvgIpc) is 2.62. The molecule has 90 valence electrons. The van der Waals surface area contributed by atoms with E-state index in [4.69, 9.17) is 0 Å². The van der Waals surface area contributed by atoms with Gasteiger partial charge in [-0.25, -0.2) is 4.39 Å². The topological polar surface area (TPSA) is 15.6 Å². The number of anilines is 2. The van der Waals surface area contributed by atoms with Crippen molar-refractivity contribution in [1.82, 2.24) is 0 Å². The Morgan fingerprint density at radius 2 is 1.67 bits per heavy atom. The number of fused-ring (bicyclic) bond motifs is 1. The molecular formula is C15H13FN2. The second kappa shape index (κ2) is 4.61. The summed E-state index contributed by atoms with van der Waals surface area (Å²) >= 11 is 0. The number of hydrogen-bond donors (Lipinski definition) is 0. The van der Waals surface area contributed by atoms with Gasteiger partial charge in [-0.15, -0.1) is 0 Å². The number of hydrogen-bond acceptors (Lipinski definition) is 2. The maximum Gasteiger partial charge on any atom is 0.146 e. The monoisotopic (exact) mass is 240 g/mol. The Labute approximate surface area is 105 Å². The van der Waals surface area contributed by atoms with Crippen molar-refractivity contribution in [2.75, 3.05) is 18.0 Å². The molecule has 18 heavy (non-hydrogen) atoms. The Bertz CT molecular complexity index is 593. The molecular weight excluding hydrogens is 227 g/mol. The number of aliphatic imine (C=N–C) groups is 1. The first-order valence-electron chi connectivity index (χ1n) is 5.97. The summed E-state index contributed by atoms with van der Waals surface area (Å²) in [6, 6.07) is 14.8. The number of nitrogens with zero attached hydrogens (tertiary/aromatic N) is 2. The van der Waals surface area contributed by atoms with Crippen molar-refractivity contribution in [2.24, 2.45) is 4.99 Å². The van der Waals surface area contributed by atoms with Crippen LogP contribution in [0.15, 0.2) is 53.5 Å². The molecule has 0 saturated carbocycles. The summed E-state index contributed by atoms with van der Waals surface area (Å²) in [5.74, 6) is -0.200. The molecule has 0 radical (unpaired) electrons. The number of halogens is 1. The fourth-order valence-corrected chi connectivity index (χ4v) is 2.20. The zero-order valence-electron chi connectivity index (χ0n) is 9.88. The molecule has 2 aromatic rings. The van der Waals surface area contributed by atoms with Gasteiger partial charge in [-0.2, -0.15) is 0 Å². The number of benzene rings is 2. The van der Waals surface area contributed by atoms with Gasteiger partial charge < -0.3 is 4.90 Å². The third-order valence-electron chi connectivity index (χ3n) is 3.05. The first-order chi connectivity index (χ1) is 8.86. The summed E-state index contributed by atoms with van der Waals surface area (Å²) in [5.41, 5.74) is 2.64. The van der Waals surface area contributed by atoms with Gasteiger partial charge in [0.25, 0.3) is 0 Å². The summed E-state index contributed by atoms with van der Waals surface area (Å²) in [6.07, 6.45) is 1.86. The summed E-state index contributed by atoms with van der Waals surface area (Å²) in [7, 11) is 0. The predicted molar refractivity (Wildman–Crippen MR) is 72.3 cm³/mol. The molecule has 0 spiro atoms. The largest absolute Gasteiger partial charge is 0.337 e. The molecule has 0 N–H and O–H groups in total. The van der Waals surface area contributed by atoms with Gasteiger partial charge in [-0.3, -0.25) is 4.99 Å². The molecule has 1 heterocycles. The zero-order valence-corrected chi connectivity index (χ0v) is 9.88. The number of para-hydroxylation sites is 2. The molecule has 0 fully saturated rings. The maximum absolute atomic E-state index is 13.9. The van der Waals surface area contributed by atoms with E-state index < -0.39 is 0 Å². The van der Waals surface area contributed by atoms with Crippen LogP contribution in [0.25, 0.3) is 0 Å². The van der Waals surface area contributed by atoms with E-state index in [1.165, 1.54) is 6.07 Å². The van der Waals surface area contributed by atoms with Crippen LogP contribution < -0.4 is 4.90 Å². The van der Waals surface area contributed by atoms with E-state index in [0.29, 0.717) is 18.8 Å². The predicted octanol–water partition coefficient (Wildman–Crippen LogP) is 3.40. The van der Waals surface area contributed by atoms with E-state index in [9.17, 15) is 4.39 Å². The van der Waals surface area contributed by atoms with Crippen LogP contribution in [0.3, 0.4) is 0 Å². The lowest BCUT2D eigenvalue weighted by molar-refractivity contribution is 0.625. The van der Waals surface area contributed by atoms with Gasteiger partial charge in [0.1, 0.15) is 5.82 Å². The van der Waals surface area contributed by atoms with Crippen molar-refractivity contribution in [2.45, 2.75) is 0 Å². The highest BCUT2D eigenvalue weighted by atomic mass is 19.1. The van der Waals surface area contributed by atoms with E-state index in [0.717, 1.165) is 11.3 Å². The van der Waals surface area contributed by atoms with Crippen LogP contribution in [0, 0.1) is 5.82 Å². The highest BCUT2D eigenvalue weighted by molar-refractivity contribution is 5.90. The Morgan fingerprint density at radius 3 is 2.50 bits per heavy atom. The molecule has 0 saturated heterocycles. The van der Waals surface area contributed by atoms with Gasteiger partial charge in [0.05, 0.1) is 17.9 Å². The van der Waals surface area contributed by atoms with E-state index in [1.54, 1.807) is 12.1 Å². The minimum atomic E-state index is -0.200. The van der Waals surface area contributed by atoms with Gasteiger partial charge in [-0.1, -0.05) is 30.3 Å². The second-order valence-electron chi connectivity index (χ2n) is 4.20. The Kier molecular flexibility index (Phi) is 2.81. The molecule has 3 rings (SSSR count). The minimum Gasteiger partial charge on any atom is -0.337 e. The molecule has 1 aliphatic heterocycles. The highest BCUT2D eigenvalue weighted by Gasteiger charge is 2.16. The smallest absolute Gasteiger partial charge is 0.146 e. The summed E-state index contributed by atoms with van der Waals surface area (Å²) in [4.78, 5) is 6.31. The standard InChI is InChI=1S/C15H13FN2/c16-13-6-2-4-8-15(13)18-10-9-17-11-12-5-1-3-7-14(12)18/h1-8,11H,9-10H2. The Hall–Kier alpha value is -2.16. The molecule has 0 aromatic heterocycles. The van der Waals surface area contributed by atoms with Crippen LogP contribution in [0.5, 0.6) is 0 Å². The third-order valence-corrected chi connectivity index (χ3v) is 3.05. The lowest BCUT2D eigenvalue weighted by atomic mass is 10.1. The molecule has 0 amide bonds. The van der Waals surface area contributed by atoms with Crippen molar-refractivity contribution >= 4 is 17.6 Å². The molecule has 1 aliphatic rings. The molecule has 0 bridgehead atoms. The van der Waals surface area contributed by atoms with Gasteiger partial charge in [0.15, 0.2) is 0 Å². The summed E-state index contributed by atoms with van der Waals surface area (Å²) < 4.78 is 13.9. The molecule has 3 heteroatoms. The fraction of sp³-hybridized carbons (Fsp3) is 0.133. The highest BCUT2D eigenvalue weighted by Crippen LogP contribution is 2.30. The van der Waals surface area contributed by atoms with Crippen LogP contribution >= 0.6 is 0 Å². The van der Waals surface area contributed by atoms with Gasteiger partial charge >= 0.3 is 0 Å². The first-order valence-corrected chi connectivity index (χ1v) is 5.97. The van der Waals surface area contributed by atoms with Crippen LogP contribution in [0.2, 0.25) is 0 Å². The Balaban J connectivity index is 2.12. The van der Waals surface area contributed by atoms with Gasteiger partial charge in [0.2, 0.25) is 0 Å². The van der Waals surface area contributed by atoms with Crippen molar-refractivity contribution in [3.63, 3.8) is 0 Å². The van der Waals surface area contributed by atoms with Crippen LogP contribution in [-0.4, -0.2) is 19.3 Å². The number of rotatable bonds is 1. The molecule has 0 atom stereocenters. The van der Waals surface area contributed by atoms with Crippen LogP contribution in [0.4, 0.5) is 15.8 Å². The lowest BCUT2D eigenvalue weighted by Gasteiger charge is -2.24. The third kappa shape index (κ3) is 1.88. The van der Waals surface area contributed by atoms with E-state index in [1.807, 2.05) is 41.4 Å². The molecule has 0 unspecified atom stereocenters. The minimum absolute atomic E-state index is 0.200. The Morgan fingerprint density at radius 1 is 0.944 bits per heavy atom. The quantitative estimate of drug-likeness (QED) is 0.746. The van der Waals surface area contributed by atoms with E-state index in [2.05, 4.69) is 4.99 Å². The van der Waals surface area contributed by atoms with Crippen molar-refractivity contribution < 1.29 is 4.39 Å². The van der Waals surface area contributed by atoms with Crippen LogP contribution in [0.1, 0.15) is 5.56 Å². The summed E-state index contributed by atoms with van der Waals surface area (Å²) in [5, 5.41) is 0. The van der Waals surface area contributed by atoms with Crippen LogP contribution in [-0.2, 0) is 0 Å². The molecule has 2 nitrogen and oxygen atoms in total. The van der Waals surface area contributed by atoms with Crippen molar-refractivity contribution in [1.29, 1.82) is 0 Å². The van der Waals surface area contributed by atoms with E-state index >= 15 is 0 Å². The zero-order chi connectivity index (χ0) is 12.4. The van der Waals surface area contributed by atoms with Crippen molar-refractivity contribution in [3.05, 3.63) is 59.9 Å². The SMILES string of the molecule is Fc1ccccc1N1CCN=Cc2ccccc21. The maximum atomic E-state index is 13.9. The first kappa shape index (κ1) is 11.0. The normalized spacial score (nSPS) is 14.2.